The van der Waals surface area contributed by atoms with Crippen molar-refractivity contribution in [1.82, 2.24) is 10.2 Å². The largest absolute Gasteiger partial charge is 0.338 e. The summed E-state index contributed by atoms with van der Waals surface area (Å²) in [6.07, 6.45) is 2.27. The normalized spacial score (nSPS) is 24.0. The molecule has 1 aromatic rings. The highest BCUT2D eigenvalue weighted by Crippen LogP contribution is 2.29. The zero-order valence-corrected chi connectivity index (χ0v) is 13.6. The Kier molecular flexibility index (Phi) is 4.80. The lowest BCUT2D eigenvalue weighted by molar-refractivity contribution is -0.140. The third-order valence-corrected chi connectivity index (χ3v) is 4.82. The molecule has 2 heterocycles. The minimum Gasteiger partial charge on any atom is -0.338 e. The number of anilines is 1. The predicted molar refractivity (Wildman–Crippen MR) is 85.5 cm³/mol. The van der Waals surface area contributed by atoms with E-state index >= 15 is 0 Å². The van der Waals surface area contributed by atoms with Crippen LogP contribution in [-0.2, 0) is 9.59 Å². The molecule has 24 heavy (non-hydrogen) atoms. The molecule has 2 amide bonds. The van der Waals surface area contributed by atoms with E-state index in [2.05, 4.69) is 5.32 Å². The maximum atomic E-state index is 13.4. The summed E-state index contributed by atoms with van der Waals surface area (Å²) in [7, 11) is 1.84. The van der Waals surface area contributed by atoms with Crippen molar-refractivity contribution in [1.29, 1.82) is 0 Å². The molecule has 0 bridgehead atoms. The topological polar surface area (TPSA) is 52.7 Å². The Hall–Kier alpha value is -2.02. The highest BCUT2D eigenvalue weighted by atomic mass is 19.2. The molecule has 0 spiro atoms. The van der Waals surface area contributed by atoms with Crippen molar-refractivity contribution in [3.63, 3.8) is 0 Å². The molecule has 2 aliphatic rings. The van der Waals surface area contributed by atoms with Gasteiger partial charge in [-0.05, 0) is 38.4 Å². The second-order valence-corrected chi connectivity index (χ2v) is 6.31. The molecule has 2 atom stereocenters. The van der Waals surface area contributed by atoms with Gasteiger partial charge in [0.1, 0.15) is 5.92 Å². The van der Waals surface area contributed by atoms with E-state index in [9.17, 15) is 18.4 Å². The van der Waals surface area contributed by atoms with Gasteiger partial charge in [-0.3, -0.25) is 9.59 Å². The Bertz CT molecular complexity index is 653. The van der Waals surface area contributed by atoms with Crippen LogP contribution in [0.2, 0.25) is 0 Å². The van der Waals surface area contributed by atoms with Crippen LogP contribution in [0.1, 0.15) is 19.3 Å². The van der Waals surface area contributed by atoms with E-state index in [4.69, 9.17) is 0 Å². The molecule has 2 aliphatic heterocycles. The van der Waals surface area contributed by atoms with E-state index in [0.717, 1.165) is 25.0 Å². The molecular weight excluding hydrogens is 316 g/mol. The Balaban J connectivity index is 1.73. The van der Waals surface area contributed by atoms with Crippen LogP contribution in [0.3, 0.4) is 0 Å². The highest BCUT2D eigenvalue weighted by molar-refractivity contribution is 6.09. The second kappa shape index (κ2) is 6.84. The van der Waals surface area contributed by atoms with Gasteiger partial charge in [0.15, 0.2) is 11.6 Å². The summed E-state index contributed by atoms with van der Waals surface area (Å²) >= 11 is 0. The summed E-state index contributed by atoms with van der Waals surface area (Å²) < 4.78 is 26.5. The molecular formula is C17H21F2N3O2. The van der Waals surface area contributed by atoms with Crippen molar-refractivity contribution in [3.05, 3.63) is 29.8 Å². The highest BCUT2D eigenvalue weighted by Gasteiger charge is 2.42. The third kappa shape index (κ3) is 3.00. The number of carbonyl (C=O) groups excluding carboxylic acids is 2. The van der Waals surface area contributed by atoms with E-state index in [1.54, 1.807) is 4.90 Å². The molecule has 2 fully saturated rings. The first kappa shape index (κ1) is 16.8. The van der Waals surface area contributed by atoms with E-state index < -0.39 is 17.6 Å². The predicted octanol–water partition coefficient (Wildman–Crippen LogP) is 1.53. The zero-order valence-electron chi connectivity index (χ0n) is 13.6. The monoisotopic (exact) mass is 337 g/mol. The molecule has 0 radical (unpaired) electrons. The maximum Gasteiger partial charge on any atom is 0.239 e. The lowest BCUT2D eigenvalue weighted by atomic mass is 10.1. The number of likely N-dealkylation sites (N-methyl/N-ethyl adjacent to an activating group) is 1. The van der Waals surface area contributed by atoms with Gasteiger partial charge >= 0.3 is 0 Å². The molecule has 2 saturated heterocycles. The van der Waals surface area contributed by atoms with Crippen molar-refractivity contribution in [2.45, 2.75) is 25.3 Å². The molecule has 1 aromatic carbocycles. The number of nitrogens with zero attached hydrogens (tertiary/aromatic N) is 2. The van der Waals surface area contributed by atoms with Gasteiger partial charge < -0.3 is 15.1 Å². The summed E-state index contributed by atoms with van der Waals surface area (Å²) in [6, 6.07) is 3.48. The fraction of sp³-hybridized carbons (Fsp3) is 0.529. The minimum atomic E-state index is -0.997. The first-order valence-corrected chi connectivity index (χ1v) is 8.24. The summed E-state index contributed by atoms with van der Waals surface area (Å²) in [6.45, 7) is 1.71. The fourth-order valence-electron chi connectivity index (χ4n) is 3.59. The van der Waals surface area contributed by atoms with Gasteiger partial charge in [0.2, 0.25) is 11.8 Å². The number of halogens is 2. The number of amides is 2. The van der Waals surface area contributed by atoms with Crippen LogP contribution in [-0.4, -0.2) is 49.4 Å². The van der Waals surface area contributed by atoms with Gasteiger partial charge in [-0.2, -0.15) is 0 Å². The minimum absolute atomic E-state index is 0.118. The second-order valence-electron chi connectivity index (χ2n) is 6.31. The SMILES string of the molecule is CNC[C@H]1CCCN1C(=O)[C@@H]1CCN(c2ccc(F)c(F)c2)C1=O. The van der Waals surface area contributed by atoms with Crippen molar-refractivity contribution in [2.24, 2.45) is 5.92 Å². The summed E-state index contributed by atoms with van der Waals surface area (Å²) in [5.74, 6) is -3.16. The van der Waals surface area contributed by atoms with Gasteiger partial charge in [0, 0.05) is 37.4 Å². The van der Waals surface area contributed by atoms with Crippen LogP contribution in [0.25, 0.3) is 0 Å². The van der Waals surface area contributed by atoms with Crippen molar-refractivity contribution in [2.75, 3.05) is 31.6 Å². The van der Waals surface area contributed by atoms with Crippen LogP contribution in [0, 0.1) is 17.6 Å². The van der Waals surface area contributed by atoms with Crippen LogP contribution in [0.5, 0.6) is 0 Å². The van der Waals surface area contributed by atoms with E-state index in [-0.39, 0.29) is 17.9 Å². The van der Waals surface area contributed by atoms with Crippen molar-refractivity contribution >= 4 is 17.5 Å². The summed E-state index contributed by atoms with van der Waals surface area (Å²) in [5.41, 5.74) is 0.294. The Morgan fingerprint density at radius 2 is 2.04 bits per heavy atom. The lowest BCUT2D eigenvalue weighted by Crippen LogP contribution is -2.45. The third-order valence-electron chi connectivity index (χ3n) is 4.82. The Morgan fingerprint density at radius 1 is 1.25 bits per heavy atom. The van der Waals surface area contributed by atoms with Gasteiger partial charge in [0.25, 0.3) is 0 Å². The lowest BCUT2D eigenvalue weighted by Gasteiger charge is -2.27. The molecule has 5 nitrogen and oxygen atoms in total. The van der Waals surface area contributed by atoms with Crippen LogP contribution >= 0.6 is 0 Å². The first-order valence-electron chi connectivity index (χ1n) is 8.24. The van der Waals surface area contributed by atoms with E-state index in [0.29, 0.717) is 31.7 Å². The van der Waals surface area contributed by atoms with E-state index in [1.165, 1.54) is 11.0 Å². The molecule has 3 rings (SSSR count). The number of carbonyl (C=O) groups is 2. The number of hydrogen-bond donors (Lipinski definition) is 1. The number of hydrogen-bond acceptors (Lipinski definition) is 3. The van der Waals surface area contributed by atoms with Gasteiger partial charge in [-0.25, -0.2) is 8.78 Å². The zero-order chi connectivity index (χ0) is 17.3. The average Bonchev–Trinajstić information content (AvgIpc) is 3.17. The average molecular weight is 337 g/mol. The van der Waals surface area contributed by atoms with Crippen LogP contribution in [0.4, 0.5) is 14.5 Å². The summed E-state index contributed by atoms with van der Waals surface area (Å²) in [5, 5.41) is 3.08. The Morgan fingerprint density at radius 3 is 2.75 bits per heavy atom. The molecule has 7 heteroatoms. The molecule has 130 valence electrons. The maximum absolute atomic E-state index is 13.4. The summed E-state index contributed by atoms with van der Waals surface area (Å²) in [4.78, 5) is 28.5. The quantitative estimate of drug-likeness (QED) is 0.848. The molecule has 0 aliphatic carbocycles. The van der Waals surface area contributed by atoms with Crippen molar-refractivity contribution < 1.29 is 18.4 Å². The van der Waals surface area contributed by atoms with Crippen LogP contribution in [0.15, 0.2) is 18.2 Å². The van der Waals surface area contributed by atoms with Crippen molar-refractivity contribution in [3.8, 4) is 0 Å². The first-order chi connectivity index (χ1) is 11.5. The van der Waals surface area contributed by atoms with Gasteiger partial charge in [-0.1, -0.05) is 0 Å². The number of benzene rings is 1. The van der Waals surface area contributed by atoms with E-state index in [1.807, 2.05) is 7.05 Å². The molecule has 1 N–H and O–H groups in total. The van der Waals surface area contributed by atoms with Gasteiger partial charge in [0.05, 0.1) is 0 Å². The number of nitrogens with one attached hydrogen (secondary N) is 1. The number of likely N-dealkylation sites (tertiary alicyclic amines) is 1. The Labute approximate surface area is 139 Å². The molecule has 0 saturated carbocycles. The molecule has 0 unspecified atom stereocenters. The van der Waals surface area contributed by atoms with Gasteiger partial charge in [-0.15, -0.1) is 0 Å². The standard InChI is InChI=1S/C17H21F2N3O2/c1-20-10-12-3-2-7-21(12)16(23)13-6-8-22(17(13)24)11-4-5-14(18)15(19)9-11/h4-5,9,12-13,20H,2-3,6-8,10H2,1H3/t12-,13+/m1/s1. The number of rotatable bonds is 4. The molecule has 0 aromatic heterocycles. The fourth-order valence-corrected chi connectivity index (χ4v) is 3.59. The smallest absolute Gasteiger partial charge is 0.239 e. The van der Waals surface area contributed by atoms with Crippen LogP contribution < -0.4 is 10.2 Å².